The molecule has 184 valence electrons. The minimum absolute atomic E-state index is 0.138. The summed E-state index contributed by atoms with van der Waals surface area (Å²) in [5.41, 5.74) is 0.628. The molecule has 3 N–H and O–H groups in total. The first-order valence-electron chi connectivity index (χ1n) is 11.6. The third-order valence-electron chi connectivity index (χ3n) is 5.99. The molecule has 0 radical (unpaired) electrons. The van der Waals surface area contributed by atoms with Crippen molar-refractivity contribution in [3.8, 4) is 23.0 Å². The van der Waals surface area contributed by atoms with E-state index in [2.05, 4.69) is 5.32 Å². The normalized spacial score (nSPS) is 19.3. The van der Waals surface area contributed by atoms with Gasteiger partial charge in [-0.3, -0.25) is 9.69 Å². The van der Waals surface area contributed by atoms with E-state index >= 15 is 0 Å². The Labute approximate surface area is 199 Å². The number of fused-ring (bicyclic) bond motifs is 1. The van der Waals surface area contributed by atoms with Gasteiger partial charge in [0, 0.05) is 19.6 Å². The maximum absolute atomic E-state index is 12.7. The highest BCUT2D eigenvalue weighted by Crippen LogP contribution is 2.33. The molecule has 2 aromatic rings. The highest BCUT2D eigenvalue weighted by atomic mass is 16.6. The van der Waals surface area contributed by atoms with Crippen LogP contribution < -0.4 is 24.3 Å². The molecule has 2 heterocycles. The second kappa shape index (κ2) is 11.4. The molecule has 1 fully saturated rings. The van der Waals surface area contributed by atoms with Gasteiger partial charge in [0.25, 0.3) is 0 Å². The molecule has 9 nitrogen and oxygen atoms in total. The van der Waals surface area contributed by atoms with Crippen LogP contribution >= 0.6 is 0 Å². The molecule has 0 spiro atoms. The lowest BCUT2D eigenvalue weighted by molar-refractivity contribution is -0.123. The van der Waals surface area contributed by atoms with Gasteiger partial charge < -0.3 is 34.5 Å². The molecule has 0 aromatic heterocycles. The van der Waals surface area contributed by atoms with Gasteiger partial charge in [-0.05, 0) is 48.4 Å². The molecule has 1 unspecified atom stereocenters. The number of hydrogen-bond acceptors (Lipinski definition) is 8. The lowest BCUT2D eigenvalue weighted by Crippen LogP contribution is -2.47. The summed E-state index contributed by atoms with van der Waals surface area (Å²) in [5.74, 6) is 2.37. The summed E-state index contributed by atoms with van der Waals surface area (Å²) in [6.07, 6.45) is -0.532. The Bertz CT molecular complexity index is 953. The Kier molecular flexibility index (Phi) is 8.10. The van der Waals surface area contributed by atoms with Gasteiger partial charge in [0.1, 0.15) is 30.8 Å². The van der Waals surface area contributed by atoms with E-state index in [4.69, 9.17) is 18.9 Å². The standard InChI is InChI=1S/C25H32N2O7/c1-31-19-3-5-20(6-4-19)32-11-9-24(29)26-21(16-27-10-8-18(28)15-27)25(30)17-2-7-22-23(14-17)34-13-12-33-22/h2-7,14,18,21,25,28,30H,8-13,15-16H2,1H3,(H,26,29)/t18?,21-,25-/m1/s1. The van der Waals surface area contributed by atoms with E-state index in [1.165, 1.54) is 0 Å². The molecule has 0 bridgehead atoms. The lowest BCUT2D eigenvalue weighted by atomic mass is 10.0. The number of hydrogen-bond donors (Lipinski definition) is 3. The van der Waals surface area contributed by atoms with Crippen molar-refractivity contribution in [2.75, 3.05) is 46.6 Å². The van der Waals surface area contributed by atoms with Crippen LogP contribution in [-0.4, -0.2) is 79.7 Å². The predicted molar refractivity (Wildman–Crippen MR) is 124 cm³/mol. The zero-order valence-corrected chi connectivity index (χ0v) is 19.3. The fraction of sp³-hybridized carbons (Fsp3) is 0.480. The van der Waals surface area contributed by atoms with Gasteiger partial charge in [0.2, 0.25) is 5.91 Å². The summed E-state index contributed by atoms with van der Waals surface area (Å²) >= 11 is 0. The van der Waals surface area contributed by atoms with Crippen LogP contribution in [0.5, 0.6) is 23.0 Å². The maximum atomic E-state index is 12.7. The van der Waals surface area contributed by atoms with E-state index in [1.807, 2.05) is 4.90 Å². The fourth-order valence-electron chi connectivity index (χ4n) is 4.17. The van der Waals surface area contributed by atoms with Gasteiger partial charge in [0.05, 0.1) is 32.3 Å². The Balaban J connectivity index is 1.37. The molecular weight excluding hydrogens is 440 g/mol. The molecule has 0 saturated carbocycles. The molecule has 9 heteroatoms. The number of likely N-dealkylation sites (tertiary alicyclic amines) is 1. The van der Waals surface area contributed by atoms with Crippen LogP contribution in [0.15, 0.2) is 42.5 Å². The average Bonchev–Trinajstić information content (AvgIpc) is 3.27. The number of aliphatic hydroxyl groups excluding tert-OH is 2. The second-order valence-electron chi connectivity index (χ2n) is 8.50. The molecule has 2 aliphatic rings. The number of benzene rings is 2. The van der Waals surface area contributed by atoms with Crippen molar-refractivity contribution >= 4 is 5.91 Å². The van der Waals surface area contributed by atoms with E-state index in [0.29, 0.717) is 62.1 Å². The molecular formula is C25H32N2O7. The smallest absolute Gasteiger partial charge is 0.223 e. The van der Waals surface area contributed by atoms with E-state index in [9.17, 15) is 15.0 Å². The number of rotatable bonds is 10. The van der Waals surface area contributed by atoms with Crippen molar-refractivity contribution < 1.29 is 34.0 Å². The summed E-state index contributed by atoms with van der Waals surface area (Å²) in [7, 11) is 1.60. The SMILES string of the molecule is COc1ccc(OCCC(=O)N[C@H](CN2CCC(O)C2)[C@H](O)c2ccc3c(c2)OCCO3)cc1. The number of amides is 1. The topological polar surface area (TPSA) is 110 Å². The average molecular weight is 473 g/mol. The summed E-state index contributed by atoms with van der Waals surface area (Å²) in [6, 6.07) is 11.9. The van der Waals surface area contributed by atoms with E-state index in [1.54, 1.807) is 49.6 Å². The van der Waals surface area contributed by atoms with Crippen molar-refractivity contribution in [1.82, 2.24) is 10.2 Å². The third-order valence-corrected chi connectivity index (χ3v) is 5.99. The number of nitrogens with zero attached hydrogens (tertiary/aromatic N) is 1. The minimum Gasteiger partial charge on any atom is -0.497 e. The number of methoxy groups -OCH3 is 1. The van der Waals surface area contributed by atoms with E-state index in [0.717, 1.165) is 5.75 Å². The molecule has 0 aliphatic carbocycles. The molecule has 1 saturated heterocycles. The Hall–Kier alpha value is -3.01. The van der Waals surface area contributed by atoms with Gasteiger partial charge in [-0.15, -0.1) is 0 Å². The van der Waals surface area contributed by atoms with Gasteiger partial charge in [-0.25, -0.2) is 0 Å². The number of β-amino-alcohol motifs (C(OH)–C–C–N with tert-alkyl or cyclic N) is 1. The van der Waals surface area contributed by atoms with Crippen LogP contribution in [0.2, 0.25) is 0 Å². The van der Waals surface area contributed by atoms with E-state index < -0.39 is 12.1 Å². The minimum atomic E-state index is -0.958. The zero-order chi connectivity index (χ0) is 23.9. The molecule has 2 aliphatic heterocycles. The number of carbonyl (C=O) groups is 1. The quantitative estimate of drug-likeness (QED) is 0.478. The van der Waals surface area contributed by atoms with Crippen LogP contribution in [-0.2, 0) is 4.79 Å². The van der Waals surface area contributed by atoms with Crippen LogP contribution in [0.25, 0.3) is 0 Å². The number of nitrogens with one attached hydrogen (secondary N) is 1. The van der Waals surface area contributed by atoms with E-state index in [-0.39, 0.29) is 25.0 Å². The van der Waals surface area contributed by atoms with Crippen molar-refractivity contribution in [3.63, 3.8) is 0 Å². The van der Waals surface area contributed by atoms with Gasteiger partial charge in [0.15, 0.2) is 11.5 Å². The predicted octanol–water partition coefficient (Wildman–Crippen LogP) is 1.52. The number of ether oxygens (including phenoxy) is 4. The van der Waals surface area contributed by atoms with Crippen molar-refractivity contribution in [2.24, 2.45) is 0 Å². The molecule has 2 aromatic carbocycles. The van der Waals surface area contributed by atoms with Crippen molar-refractivity contribution in [2.45, 2.75) is 31.1 Å². The van der Waals surface area contributed by atoms with Crippen LogP contribution in [0.4, 0.5) is 0 Å². The Morgan fingerprint density at radius 2 is 1.88 bits per heavy atom. The maximum Gasteiger partial charge on any atom is 0.223 e. The van der Waals surface area contributed by atoms with Gasteiger partial charge in [-0.2, -0.15) is 0 Å². The monoisotopic (exact) mass is 472 g/mol. The largest absolute Gasteiger partial charge is 0.497 e. The lowest BCUT2D eigenvalue weighted by Gasteiger charge is -2.29. The summed E-state index contributed by atoms with van der Waals surface area (Å²) < 4.78 is 22.0. The zero-order valence-electron chi connectivity index (χ0n) is 19.3. The highest BCUT2D eigenvalue weighted by Gasteiger charge is 2.29. The number of carbonyl (C=O) groups excluding carboxylic acids is 1. The third kappa shape index (κ3) is 6.31. The second-order valence-corrected chi connectivity index (χ2v) is 8.50. The van der Waals surface area contributed by atoms with Crippen LogP contribution in [0.3, 0.4) is 0 Å². The molecule has 4 rings (SSSR count). The Morgan fingerprint density at radius 1 is 1.15 bits per heavy atom. The summed E-state index contributed by atoms with van der Waals surface area (Å²) in [6.45, 7) is 2.78. The first-order valence-corrected chi connectivity index (χ1v) is 11.6. The first kappa shape index (κ1) is 24.1. The molecule has 1 amide bonds. The molecule has 3 atom stereocenters. The van der Waals surface area contributed by atoms with Gasteiger partial charge >= 0.3 is 0 Å². The Morgan fingerprint density at radius 3 is 2.59 bits per heavy atom. The summed E-state index contributed by atoms with van der Waals surface area (Å²) in [4.78, 5) is 14.8. The van der Waals surface area contributed by atoms with Crippen molar-refractivity contribution in [1.29, 1.82) is 0 Å². The molecule has 34 heavy (non-hydrogen) atoms. The van der Waals surface area contributed by atoms with Gasteiger partial charge in [-0.1, -0.05) is 6.07 Å². The van der Waals surface area contributed by atoms with Crippen LogP contribution in [0.1, 0.15) is 24.5 Å². The summed E-state index contributed by atoms with van der Waals surface area (Å²) in [5, 5.41) is 24.0. The first-order chi connectivity index (χ1) is 16.5. The fourth-order valence-corrected chi connectivity index (χ4v) is 4.17. The number of aliphatic hydroxyl groups is 2. The van der Waals surface area contributed by atoms with Crippen molar-refractivity contribution in [3.05, 3.63) is 48.0 Å². The highest BCUT2D eigenvalue weighted by molar-refractivity contribution is 5.76. The van der Waals surface area contributed by atoms with Crippen LogP contribution in [0, 0.1) is 0 Å².